The molecule has 1 aromatic carbocycles. The number of benzene rings is 1. The molecule has 22 heavy (non-hydrogen) atoms. The zero-order valence-corrected chi connectivity index (χ0v) is 14.5. The predicted molar refractivity (Wildman–Crippen MR) is 93.8 cm³/mol. The Balaban J connectivity index is 2.19. The maximum Gasteiger partial charge on any atom is 0.159 e. The Morgan fingerprint density at radius 3 is 2.36 bits per heavy atom. The summed E-state index contributed by atoms with van der Waals surface area (Å²) in [5.74, 6) is 1.58. The van der Waals surface area contributed by atoms with Crippen molar-refractivity contribution >= 4 is 22.6 Å². The normalized spacial score (nSPS) is 11.9. The topological polar surface area (TPSA) is 64.4 Å². The Morgan fingerprint density at radius 1 is 1.23 bits per heavy atom. The van der Waals surface area contributed by atoms with Gasteiger partial charge in [0, 0.05) is 11.3 Å². The van der Waals surface area contributed by atoms with Gasteiger partial charge >= 0.3 is 0 Å². The molecule has 1 aromatic heterocycles. The van der Waals surface area contributed by atoms with Crippen LogP contribution in [-0.4, -0.2) is 10.3 Å². The van der Waals surface area contributed by atoms with Crippen molar-refractivity contribution in [1.29, 1.82) is 0 Å². The highest BCUT2D eigenvalue weighted by Crippen LogP contribution is 2.27. The van der Waals surface area contributed by atoms with E-state index in [2.05, 4.69) is 42.2 Å². The fourth-order valence-corrected chi connectivity index (χ4v) is 3.22. The smallest absolute Gasteiger partial charge is 0.159 e. The second kappa shape index (κ2) is 7.49. The number of thioether (sulfide) groups is 1. The molecule has 0 aliphatic carbocycles. The lowest BCUT2D eigenvalue weighted by Gasteiger charge is -2.09. The number of hydrogen-bond acceptors (Lipinski definition) is 4. The third kappa shape index (κ3) is 3.71. The van der Waals surface area contributed by atoms with Gasteiger partial charge in [-0.3, -0.25) is 0 Å². The van der Waals surface area contributed by atoms with Gasteiger partial charge in [-0.25, -0.2) is 4.99 Å². The van der Waals surface area contributed by atoms with E-state index in [1.165, 1.54) is 22.9 Å². The second-order valence-electron chi connectivity index (χ2n) is 5.17. The highest BCUT2D eigenvalue weighted by molar-refractivity contribution is 8.13. The molecule has 0 saturated heterocycles. The molecule has 0 amide bonds. The molecule has 0 bridgehead atoms. The number of rotatable bonds is 5. The third-order valence-electron chi connectivity index (χ3n) is 3.73. The van der Waals surface area contributed by atoms with Gasteiger partial charge < -0.3 is 10.3 Å². The van der Waals surface area contributed by atoms with E-state index in [9.17, 15) is 0 Å². The molecule has 0 saturated carbocycles. The van der Waals surface area contributed by atoms with Crippen LogP contribution in [0, 0.1) is 13.8 Å². The van der Waals surface area contributed by atoms with Crippen molar-refractivity contribution < 1.29 is 4.52 Å². The molecule has 1 heterocycles. The van der Waals surface area contributed by atoms with Crippen LogP contribution < -0.4 is 5.73 Å². The van der Waals surface area contributed by atoms with Crippen LogP contribution >= 0.6 is 11.8 Å². The Hall–Kier alpha value is -1.75. The van der Waals surface area contributed by atoms with Crippen molar-refractivity contribution in [1.82, 2.24) is 5.16 Å². The molecule has 0 aliphatic heterocycles. The van der Waals surface area contributed by atoms with Gasteiger partial charge in [-0.1, -0.05) is 49.0 Å². The Labute approximate surface area is 136 Å². The van der Waals surface area contributed by atoms with Crippen molar-refractivity contribution in [3.63, 3.8) is 0 Å². The first kappa shape index (κ1) is 16.6. The van der Waals surface area contributed by atoms with Crippen LogP contribution in [0.5, 0.6) is 0 Å². The molecule has 2 aromatic rings. The first-order valence-electron chi connectivity index (χ1n) is 7.56. The van der Waals surface area contributed by atoms with E-state index in [0.717, 1.165) is 41.3 Å². The lowest BCUT2D eigenvalue weighted by molar-refractivity contribution is 0.392. The Kier molecular flexibility index (Phi) is 5.66. The van der Waals surface area contributed by atoms with E-state index >= 15 is 0 Å². The monoisotopic (exact) mass is 317 g/mol. The minimum absolute atomic E-state index is 0.579. The molecule has 4 nitrogen and oxygen atoms in total. The average Bonchev–Trinajstić information content (AvgIpc) is 2.84. The van der Waals surface area contributed by atoms with Crippen molar-refractivity contribution in [2.45, 2.75) is 46.3 Å². The van der Waals surface area contributed by atoms with E-state index in [-0.39, 0.29) is 0 Å². The Morgan fingerprint density at radius 2 is 1.86 bits per heavy atom. The number of nitrogens with two attached hydrogens (primary N) is 1. The maximum atomic E-state index is 6.13. The lowest BCUT2D eigenvalue weighted by atomic mass is 10.0. The summed E-state index contributed by atoms with van der Waals surface area (Å²) in [6, 6.07) is 6.32. The molecule has 5 heteroatoms. The van der Waals surface area contributed by atoms with Gasteiger partial charge in [-0.15, -0.1) is 0 Å². The van der Waals surface area contributed by atoms with Crippen LogP contribution in [0.3, 0.4) is 0 Å². The van der Waals surface area contributed by atoms with Gasteiger partial charge in [0.25, 0.3) is 0 Å². The van der Waals surface area contributed by atoms with E-state index in [1.807, 2.05) is 13.8 Å². The van der Waals surface area contributed by atoms with E-state index in [0.29, 0.717) is 5.17 Å². The summed E-state index contributed by atoms with van der Waals surface area (Å²) in [5, 5.41) is 4.54. The minimum atomic E-state index is 0.579. The molecular formula is C17H23N3OS. The number of nitrogens with zero attached hydrogens (tertiary/aromatic N) is 2. The standard InChI is InChI=1S/C17H23N3OS/c1-5-13-8-7-9-14(6-2)16(13)19-17(18)22-10-15-11(3)20-21-12(15)4/h7-9H,5-6,10H2,1-4H3,(H2,18,19). The van der Waals surface area contributed by atoms with Crippen LogP contribution in [0.15, 0.2) is 27.7 Å². The van der Waals surface area contributed by atoms with Crippen LogP contribution in [0.2, 0.25) is 0 Å². The van der Waals surface area contributed by atoms with Crippen molar-refractivity contribution in [3.8, 4) is 0 Å². The van der Waals surface area contributed by atoms with Gasteiger partial charge in [0.2, 0.25) is 0 Å². The van der Waals surface area contributed by atoms with E-state index < -0.39 is 0 Å². The molecule has 0 fully saturated rings. The van der Waals surface area contributed by atoms with Crippen molar-refractivity contribution in [3.05, 3.63) is 46.3 Å². The summed E-state index contributed by atoms with van der Waals surface area (Å²) in [6.07, 6.45) is 1.91. The SMILES string of the molecule is CCc1cccc(CC)c1N=C(N)SCc1c(C)noc1C. The highest BCUT2D eigenvalue weighted by Gasteiger charge is 2.11. The van der Waals surface area contributed by atoms with Crippen LogP contribution in [0.4, 0.5) is 5.69 Å². The summed E-state index contributed by atoms with van der Waals surface area (Å²) in [7, 11) is 0. The number of aromatic nitrogens is 1. The lowest BCUT2D eigenvalue weighted by Crippen LogP contribution is -2.07. The van der Waals surface area contributed by atoms with Gasteiger partial charge in [-0.2, -0.15) is 0 Å². The summed E-state index contributed by atoms with van der Waals surface area (Å²) in [6.45, 7) is 8.15. The van der Waals surface area contributed by atoms with Crippen LogP contribution in [0.1, 0.15) is 42.0 Å². The van der Waals surface area contributed by atoms with Crippen molar-refractivity contribution in [2.24, 2.45) is 10.7 Å². The Bertz CT molecular complexity index is 635. The largest absolute Gasteiger partial charge is 0.378 e. The highest BCUT2D eigenvalue weighted by atomic mass is 32.2. The number of amidine groups is 1. The van der Waals surface area contributed by atoms with Gasteiger partial charge in [0.15, 0.2) is 5.17 Å². The average molecular weight is 317 g/mol. The zero-order chi connectivity index (χ0) is 16.1. The fraction of sp³-hybridized carbons (Fsp3) is 0.412. The molecule has 0 radical (unpaired) electrons. The number of para-hydroxylation sites is 1. The number of aryl methyl sites for hydroxylation is 4. The molecule has 2 rings (SSSR count). The predicted octanol–water partition coefficient (Wildman–Crippen LogP) is 4.30. The van der Waals surface area contributed by atoms with Crippen LogP contribution in [0.25, 0.3) is 0 Å². The third-order valence-corrected chi connectivity index (χ3v) is 4.55. The van der Waals surface area contributed by atoms with Crippen LogP contribution in [-0.2, 0) is 18.6 Å². The molecule has 0 aliphatic rings. The summed E-state index contributed by atoms with van der Waals surface area (Å²) in [5.41, 5.74) is 11.6. The molecule has 0 spiro atoms. The fourth-order valence-electron chi connectivity index (χ4n) is 2.36. The van der Waals surface area contributed by atoms with E-state index in [1.54, 1.807) is 0 Å². The minimum Gasteiger partial charge on any atom is -0.378 e. The zero-order valence-electron chi connectivity index (χ0n) is 13.6. The maximum absolute atomic E-state index is 6.13. The first-order valence-corrected chi connectivity index (χ1v) is 8.54. The molecule has 0 atom stereocenters. The van der Waals surface area contributed by atoms with Crippen molar-refractivity contribution in [2.75, 3.05) is 0 Å². The summed E-state index contributed by atoms with van der Waals surface area (Å²) >= 11 is 1.52. The molecule has 0 unspecified atom stereocenters. The van der Waals surface area contributed by atoms with E-state index in [4.69, 9.17) is 10.3 Å². The number of aliphatic imine (C=N–C) groups is 1. The van der Waals surface area contributed by atoms with Gasteiger partial charge in [0.1, 0.15) is 5.76 Å². The van der Waals surface area contributed by atoms with Gasteiger partial charge in [0.05, 0.1) is 11.4 Å². The quantitative estimate of drug-likeness (QED) is 0.660. The molecular weight excluding hydrogens is 294 g/mol. The molecule has 118 valence electrons. The first-order chi connectivity index (χ1) is 10.6. The summed E-state index contributed by atoms with van der Waals surface area (Å²) in [4.78, 5) is 4.67. The van der Waals surface area contributed by atoms with Gasteiger partial charge in [-0.05, 0) is 37.8 Å². The number of hydrogen-bond donors (Lipinski definition) is 1. The second-order valence-corrected chi connectivity index (χ2v) is 6.17. The summed E-state index contributed by atoms with van der Waals surface area (Å²) < 4.78 is 5.17. The molecule has 2 N–H and O–H groups in total.